The fourth-order valence-corrected chi connectivity index (χ4v) is 2.99. The van der Waals surface area contributed by atoms with Gasteiger partial charge >= 0.3 is 5.91 Å². The Hall–Kier alpha value is -2.77. The van der Waals surface area contributed by atoms with Crippen molar-refractivity contribution in [3.63, 3.8) is 0 Å². The molecule has 7 heteroatoms. The van der Waals surface area contributed by atoms with Crippen LogP contribution in [0.25, 0.3) is 6.08 Å². The van der Waals surface area contributed by atoms with Crippen LogP contribution in [0.4, 0.5) is 10.2 Å². The van der Waals surface area contributed by atoms with Crippen molar-refractivity contribution in [2.24, 2.45) is 0 Å². The van der Waals surface area contributed by atoms with Crippen molar-refractivity contribution in [3.05, 3.63) is 65.6 Å². The Kier molecular flexibility index (Phi) is 5.93. The van der Waals surface area contributed by atoms with Crippen molar-refractivity contribution in [2.45, 2.75) is 19.0 Å². The molecule has 0 aliphatic carbocycles. The van der Waals surface area contributed by atoms with Crippen molar-refractivity contribution in [3.8, 4) is 0 Å². The number of halogens is 1. The summed E-state index contributed by atoms with van der Waals surface area (Å²) in [7, 11) is 0. The van der Waals surface area contributed by atoms with Gasteiger partial charge in [0.15, 0.2) is 5.83 Å². The third kappa shape index (κ3) is 4.87. The molecule has 1 saturated heterocycles. The maximum absolute atomic E-state index is 13.4. The maximum atomic E-state index is 13.4. The van der Waals surface area contributed by atoms with Gasteiger partial charge in [0, 0.05) is 31.9 Å². The number of hydrogen-bond donors (Lipinski definition) is 3. The maximum Gasteiger partial charge on any atom is 0.303 e. The van der Waals surface area contributed by atoms with Gasteiger partial charge < -0.3 is 5.32 Å². The lowest BCUT2D eigenvalue weighted by Gasteiger charge is -2.17. The predicted molar refractivity (Wildman–Crippen MR) is 97.0 cm³/mol. The van der Waals surface area contributed by atoms with Crippen molar-refractivity contribution in [1.29, 1.82) is 0 Å². The molecule has 136 valence electrons. The number of benzene rings is 1. The predicted octanol–water partition coefficient (Wildman–Crippen LogP) is 2.58. The SMILES string of the molecule is O=C(NO)/C(F)=C\c1ccc(N[C@@H]2CCN(Cc3ccccc3)C2)nc1. The normalized spacial score (nSPS) is 17.9. The summed E-state index contributed by atoms with van der Waals surface area (Å²) in [6.07, 6.45) is 3.52. The fourth-order valence-electron chi connectivity index (χ4n) is 2.99. The van der Waals surface area contributed by atoms with E-state index in [-0.39, 0.29) is 0 Å². The fraction of sp³-hybridized carbons (Fsp3) is 0.263. The average Bonchev–Trinajstić information content (AvgIpc) is 3.10. The minimum Gasteiger partial charge on any atom is -0.366 e. The topological polar surface area (TPSA) is 77.5 Å². The number of hydroxylamine groups is 1. The second-order valence-electron chi connectivity index (χ2n) is 6.26. The van der Waals surface area contributed by atoms with Gasteiger partial charge in [-0.05, 0) is 35.8 Å². The molecule has 0 unspecified atom stereocenters. The van der Waals surface area contributed by atoms with E-state index in [0.717, 1.165) is 32.1 Å². The van der Waals surface area contributed by atoms with Crippen molar-refractivity contribution >= 4 is 17.8 Å². The smallest absolute Gasteiger partial charge is 0.303 e. The highest BCUT2D eigenvalue weighted by atomic mass is 19.1. The Morgan fingerprint density at radius 2 is 2.12 bits per heavy atom. The minimum absolute atomic E-state index is 0.310. The standard InChI is InChI=1S/C19H21FN4O2/c20-17(19(25)23-26)10-15-6-7-18(21-11-15)22-16-8-9-24(13-16)12-14-4-2-1-3-5-14/h1-7,10-11,16,26H,8-9,12-13H2,(H,21,22)(H,23,25)/b17-10+/t16-/m1/s1. The van der Waals surface area contributed by atoms with Crippen LogP contribution >= 0.6 is 0 Å². The van der Waals surface area contributed by atoms with Gasteiger partial charge in [0.1, 0.15) is 5.82 Å². The first kappa shape index (κ1) is 18.0. The summed E-state index contributed by atoms with van der Waals surface area (Å²) in [4.78, 5) is 17.6. The van der Waals surface area contributed by atoms with Gasteiger partial charge in [-0.1, -0.05) is 30.3 Å². The van der Waals surface area contributed by atoms with E-state index in [4.69, 9.17) is 5.21 Å². The van der Waals surface area contributed by atoms with Crippen LogP contribution in [0.3, 0.4) is 0 Å². The highest BCUT2D eigenvalue weighted by Gasteiger charge is 2.22. The zero-order chi connectivity index (χ0) is 18.4. The first-order valence-electron chi connectivity index (χ1n) is 8.44. The number of nitrogens with one attached hydrogen (secondary N) is 2. The molecule has 0 bridgehead atoms. The monoisotopic (exact) mass is 356 g/mol. The largest absolute Gasteiger partial charge is 0.366 e. The lowest BCUT2D eigenvalue weighted by Crippen LogP contribution is -2.26. The summed E-state index contributed by atoms with van der Waals surface area (Å²) >= 11 is 0. The first-order valence-corrected chi connectivity index (χ1v) is 8.44. The zero-order valence-corrected chi connectivity index (χ0v) is 14.2. The molecule has 1 aliphatic heterocycles. The van der Waals surface area contributed by atoms with Gasteiger partial charge in [-0.25, -0.2) is 14.9 Å². The molecule has 0 radical (unpaired) electrons. The molecule has 1 atom stereocenters. The minimum atomic E-state index is -1.18. The number of aromatic nitrogens is 1. The second kappa shape index (κ2) is 8.55. The molecule has 1 fully saturated rings. The molecule has 2 heterocycles. The molecule has 1 aromatic heterocycles. The molecular weight excluding hydrogens is 335 g/mol. The lowest BCUT2D eigenvalue weighted by atomic mass is 10.2. The van der Waals surface area contributed by atoms with Crippen LogP contribution in [0, 0.1) is 0 Å². The molecule has 1 aliphatic rings. The zero-order valence-electron chi connectivity index (χ0n) is 14.2. The van der Waals surface area contributed by atoms with Crippen LogP contribution in [0.2, 0.25) is 0 Å². The number of anilines is 1. The Balaban J connectivity index is 1.53. The Morgan fingerprint density at radius 3 is 2.81 bits per heavy atom. The lowest BCUT2D eigenvalue weighted by molar-refractivity contribution is -0.126. The highest BCUT2D eigenvalue weighted by molar-refractivity contribution is 5.94. The molecule has 1 amide bonds. The number of amides is 1. The summed E-state index contributed by atoms with van der Waals surface area (Å²) in [6.45, 7) is 2.89. The van der Waals surface area contributed by atoms with Crippen LogP contribution in [0.5, 0.6) is 0 Å². The van der Waals surface area contributed by atoms with Crippen LogP contribution in [0.1, 0.15) is 17.5 Å². The summed E-state index contributed by atoms with van der Waals surface area (Å²) in [6, 6.07) is 14.1. The van der Waals surface area contributed by atoms with Gasteiger partial charge in [0.05, 0.1) is 0 Å². The second-order valence-corrected chi connectivity index (χ2v) is 6.26. The highest BCUT2D eigenvalue weighted by Crippen LogP contribution is 2.17. The van der Waals surface area contributed by atoms with Gasteiger partial charge in [0.2, 0.25) is 0 Å². The molecule has 1 aromatic carbocycles. The van der Waals surface area contributed by atoms with Crippen molar-refractivity contribution < 1.29 is 14.4 Å². The number of hydrogen-bond acceptors (Lipinski definition) is 5. The molecule has 3 rings (SSSR count). The summed E-state index contributed by atoms with van der Waals surface area (Å²) < 4.78 is 13.4. The van der Waals surface area contributed by atoms with Crippen molar-refractivity contribution in [1.82, 2.24) is 15.4 Å². The number of likely N-dealkylation sites (tertiary alicyclic amines) is 1. The molecule has 0 spiro atoms. The third-order valence-corrected chi connectivity index (χ3v) is 4.27. The quantitative estimate of drug-likeness (QED) is 0.421. The van der Waals surface area contributed by atoms with Crippen LogP contribution in [-0.4, -0.2) is 40.1 Å². The van der Waals surface area contributed by atoms with Gasteiger partial charge in [-0.15, -0.1) is 0 Å². The first-order chi connectivity index (χ1) is 12.6. The summed E-state index contributed by atoms with van der Waals surface area (Å²) in [5.74, 6) is -1.56. The molecule has 26 heavy (non-hydrogen) atoms. The van der Waals surface area contributed by atoms with Gasteiger partial charge in [0.25, 0.3) is 0 Å². The van der Waals surface area contributed by atoms with E-state index < -0.39 is 11.7 Å². The Labute approximate surface area is 151 Å². The van der Waals surface area contributed by atoms with E-state index in [1.54, 1.807) is 12.1 Å². The molecular formula is C19H21FN4O2. The van der Waals surface area contributed by atoms with E-state index in [2.05, 4.69) is 27.3 Å². The summed E-state index contributed by atoms with van der Waals surface area (Å²) in [5, 5.41) is 11.8. The molecule has 0 saturated carbocycles. The summed E-state index contributed by atoms with van der Waals surface area (Å²) in [5.41, 5.74) is 2.99. The van der Waals surface area contributed by atoms with E-state index in [1.807, 2.05) is 18.2 Å². The van der Waals surface area contributed by atoms with E-state index in [1.165, 1.54) is 17.2 Å². The Morgan fingerprint density at radius 1 is 1.31 bits per heavy atom. The van der Waals surface area contributed by atoms with E-state index in [9.17, 15) is 9.18 Å². The number of nitrogens with zero attached hydrogens (tertiary/aromatic N) is 2. The van der Waals surface area contributed by atoms with E-state index >= 15 is 0 Å². The number of carbonyl (C=O) groups excluding carboxylic acids is 1. The molecule has 3 N–H and O–H groups in total. The number of rotatable bonds is 6. The van der Waals surface area contributed by atoms with Crippen LogP contribution in [-0.2, 0) is 11.3 Å². The number of carbonyl (C=O) groups is 1. The van der Waals surface area contributed by atoms with Gasteiger partial charge in [-0.3, -0.25) is 14.9 Å². The molecule has 6 nitrogen and oxygen atoms in total. The van der Waals surface area contributed by atoms with Gasteiger partial charge in [-0.2, -0.15) is 0 Å². The Bertz CT molecular complexity index is 765. The van der Waals surface area contributed by atoms with Crippen molar-refractivity contribution in [2.75, 3.05) is 18.4 Å². The van der Waals surface area contributed by atoms with Crippen LogP contribution < -0.4 is 10.8 Å². The van der Waals surface area contributed by atoms with Crippen LogP contribution in [0.15, 0.2) is 54.5 Å². The number of pyridine rings is 1. The molecule has 2 aromatic rings. The third-order valence-electron chi connectivity index (χ3n) is 4.27. The van der Waals surface area contributed by atoms with E-state index in [0.29, 0.717) is 17.4 Å². The average molecular weight is 356 g/mol.